The Kier molecular flexibility index (Phi) is 3.99. The SMILES string of the molecule is CC1CCCCN1S(=O)(=O)c1ccc(N)c(Br)c1. The van der Waals surface area contributed by atoms with Gasteiger partial charge in [-0.15, -0.1) is 0 Å². The number of nitrogens with zero attached hydrogens (tertiary/aromatic N) is 1. The van der Waals surface area contributed by atoms with Crippen LogP contribution in [0.4, 0.5) is 5.69 Å². The molecule has 18 heavy (non-hydrogen) atoms. The quantitative estimate of drug-likeness (QED) is 0.846. The van der Waals surface area contributed by atoms with Crippen LogP contribution < -0.4 is 5.73 Å². The minimum Gasteiger partial charge on any atom is -0.398 e. The van der Waals surface area contributed by atoms with Crippen molar-refractivity contribution >= 4 is 31.6 Å². The number of piperidine rings is 1. The Morgan fingerprint density at radius 2 is 2.11 bits per heavy atom. The topological polar surface area (TPSA) is 63.4 Å². The molecule has 1 heterocycles. The van der Waals surface area contributed by atoms with Gasteiger partial charge in [0.05, 0.1) is 4.90 Å². The maximum absolute atomic E-state index is 12.5. The van der Waals surface area contributed by atoms with Crippen molar-refractivity contribution in [3.05, 3.63) is 22.7 Å². The van der Waals surface area contributed by atoms with Crippen molar-refractivity contribution in [3.8, 4) is 0 Å². The van der Waals surface area contributed by atoms with Crippen LogP contribution in [0, 0.1) is 0 Å². The molecule has 2 rings (SSSR count). The molecular weight excluding hydrogens is 316 g/mol. The second-order valence-corrected chi connectivity index (χ2v) is 7.39. The number of anilines is 1. The van der Waals surface area contributed by atoms with Crippen molar-refractivity contribution in [3.63, 3.8) is 0 Å². The van der Waals surface area contributed by atoms with Crippen LogP contribution in [0.3, 0.4) is 0 Å². The summed E-state index contributed by atoms with van der Waals surface area (Å²) in [5, 5.41) is 0. The zero-order valence-corrected chi connectivity index (χ0v) is 12.7. The second kappa shape index (κ2) is 5.19. The molecule has 1 aliphatic rings. The Morgan fingerprint density at radius 1 is 1.39 bits per heavy atom. The van der Waals surface area contributed by atoms with Gasteiger partial charge >= 0.3 is 0 Å². The van der Waals surface area contributed by atoms with Gasteiger partial charge in [0, 0.05) is 22.7 Å². The number of nitrogen functional groups attached to an aromatic ring is 1. The summed E-state index contributed by atoms with van der Waals surface area (Å²) in [6.07, 6.45) is 2.95. The largest absolute Gasteiger partial charge is 0.398 e. The predicted octanol–water partition coefficient (Wildman–Crippen LogP) is 2.59. The molecule has 0 aromatic heterocycles. The molecule has 0 amide bonds. The molecule has 1 unspecified atom stereocenters. The number of nitrogens with two attached hydrogens (primary N) is 1. The van der Waals surface area contributed by atoms with E-state index in [0.717, 1.165) is 19.3 Å². The van der Waals surface area contributed by atoms with Gasteiger partial charge in [0.1, 0.15) is 0 Å². The molecule has 0 aliphatic carbocycles. The molecule has 6 heteroatoms. The van der Waals surface area contributed by atoms with Crippen molar-refractivity contribution < 1.29 is 8.42 Å². The second-order valence-electron chi connectivity index (χ2n) is 4.64. The van der Waals surface area contributed by atoms with Gasteiger partial charge in [0.15, 0.2) is 0 Å². The summed E-state index contributed by atoms with van der Waals surface area (Å²) in [7, 11) is -3.40. The van der Waals surface area contributed by atoms with Gasteiger partial charge < -0.3 is 5.73 Å². The molecule has 0 saturated carbocycles. The molecule has 1 atom stereocenters. The molecule has 2 N–H and O–H groups in total. The summed E-state index contributed by atoms with van der Waals surface area (Å²) in [6.45, 7) is 2.56. The van der Waals surface area contributed by atoms with Crippen LogP contribution >= 0.6 is 15.9 Å². The van der Waals surface area contributed by atoms with Crippen molar-refractivity contribution in [2.24, 2.45) is 0 Å². The third-order valence-electron chi connectivity index (χ3n) is 3.32. The number of benzene rings is 1. The first-order valence-electron chi connectivity index (χ1n) is 6.00. The summed E-state index contributed by atoms with van der Waals surface area (Å²) in [6, 6.07) is 4.83. The van der Waals surface area contributed by atoms with Crippen molar-refractivity contribution in [2.45, 2.75) is 37.1 Å². The molecule has 1 aliphatic heterocycles. The van der Waals surface area contributed by atoms with Gasteiger partial charge in [-0.1, -0.05) is 6.42 Å². The summed E-state index contributed by atoms with van der Waals surface area (Å²) in [4.78, 5) is 0.303. The summed E-state index contributed by atoms with van der Waals surface area (Å²) in [5.74, 6) is 0. The standard InChI is InChI=1S/C12H17BrN2O2S/c1-9-4-2-3-7-15(9)18(16,17)10-5-6-12(14)11(13)8-10/h5-6,8-9H,2-4,7,14H2,1H3. The minimum atomic E-state index is -3.40. The number of hydrogen-bond donors (Lipinski definition) is 1. The molecule has 100 valence electrons. The average Bonchev–Trinajstić information content (AvgIpc) is 2.33. The Bertz CT molecular complexity index is 545. The lowest BCUT2D eigenvalue weighted by atomic mass is 10.1. The molecule has 0 spiro atoms. The molecule has 1 aromatic carbocycles. The molecule has 1 aromatic rings. The lowest BCUT2D eigenvalue weighted by Gasteiger charge is -2.32. The van der Waals surface area contributed by atoms with Crippen LogP contribution in [0.15, 0.2) is 27.6 Å². The Morgan fingerprint density at radius 3 is 2.72 bits per heavy atom. The van der Waals surface area contributed by atoms with Gasteiger partial charge in [-0.3, -0.25) is 0 Å². The summed E-state index contributed by atoms with van der Waals surface area (Å²) >= 11 is 3.27. The maximum atomic E-state index is 12.5. The fourth-order valence-corrected chi connectivity index (χ4v) is 4.49. The van der Waals surface area contributed by atoms with Crippen LogP contribution in [0.25, 0.3) is 0 Å². The van der Waals surface area contributed by atoms with Crippen molar-refractivity contribution in [1.82, 2.24) is 4.31 Å². The van der Waals surface area contributed by atoms with Crippen LogP contribution in [0.1, 0.15) is 26.2 Å². The molecular formula is C12H17BrN2O2S. The van der Waals surface area contributed by atoms with E-state index in [0.29, 0.717) is 21.6 Å². The van der Waals surface area contributed by atoms with Gasteiger partial charge in [-0.25, -0.2) is 8.42 Å². The molecule has 1 saturated heterocycles. The average molecular weight is 333 g/mol. The molecule has 4 nitrogen and oxygen atoms in total. The number of halogens is 1. The number of rotatable bonds is 2. The lowest BCUT2D eigenvalue weighted by molar-refractivity contribution is 0.268. The molecule has 0 bridgehead atoms. The van der Waals surface area contributed by atoms with E-state index in [-0.39, 0.29) is 6.04 Å². The molecule has 1 fully saturated rings. The van der Waals surface area contributed by atoms with E-state index in [4.69, 9.17) is 5.73 Å². The highest BCUT2D eigenvalue weighted by molar-refractivity contribution is 9.10. The van der Waals surface area contributed by atoms with Gasteiger partial charge in [-0.05, 0) is 53.9 Å². The van der Waals surface area contributed by atoms with Crippen molar-refractivity contribution in [1.29, 1.82) is 0 Å². The minimum absolute atomic E-state index is 0.0695. The van der Waals surface area contributed by atoms with Crippen LogP contribution in [0.2, 0.25) is 0 Å². The molecule has 0 radical (unpaired) electrons. The smallest absolute Gasteiger partial charge is 0.243 e. The first-order chi connectivity index (χ1) is 8.43. The maximum Gasteiger partial charge on any atom is 0.243 e. The fourth-order valence-electron chi connectivity index (χ4n) is 2.23. The first-order valence-corrected chi connectivity index (χ1v) is 8.23. The highest BCUT2D eigenvalue weighted by Crippen LogP contribution is 2.28. The van der Waals surface area contributed by atoms with Gasteiger partial charge in [-0.2, -0.15) is 4.31 Å². The van der Waals surface area contributed by atoms with Crippen LogP contribution in [-0.2, 0) is 10.0 Å². The third kappa shape index (κ3) is 2.55. The van der Waals surface area contributed by atoms with E-state index in [1.54, 1.807) is 22.5 Å². The first kappa shape index (κ1) is 13.8. The zero-order valence-electron chi connectivity index (χ0n) is 10.3. The number of sulfonamides is 1. The van der Waals surface area contributed by atoms with E-state index in [1.165, 1.54) is 0 Å². The van der Waals surface area contributed by atoms with E-state index in [1.807, 2.05) is 6.92 Å². The van der Waals surface area contributed by atoms with E-state index in [2.05, 4.69) is 15.9 Å². The highest BCUT2D eigenvalue weighted by atomic mass is 79.9. The van der Waals surface area contributed by atoms with E-state index >= 15 is 0 Å². The zero-order chi connectivity index (χ0) is 13.3. The van der Waals surface area contributed by atoms with Crippen LogP contribution in [0.5, 0.6) is 0 Å². The van der Waals surface area contributed by atoms with Gasteiger partial charge in [0.25, 0.3) is 0 Å². The Labute approximate surface area is 116 Å². The Hall–Kier alpha value is -0.590. The normalized spacial score (nSPS) is 22.0. The van der Waals surface area contributed by atoms with E-state index in [9.17, 15) is 8.42 Å². The van der Waals surface area contributed by atoms with E-state index < -0.39 is 10.0 Å². The number of hydrogen-bond acceptors (Lipinski definition) is 3. The third-order valence-corrected chi connectivity index (χ3v) is 6.02. The van der Waals surface area contributed by atoms with Gasteiger partial charge in [0.2, 0.25) is 10.0 Å². The predicted molar refractivity (Wildman–Crippen MR) is 75.8 cm³/mol. The fraction of sp³-hybridized carbons (Fsp3) is 0.500. The highest BCUT2D eigenvalue weighted by Gasteiger charge is 2.31. The Balaban J connectivity index is 2.37. The summed E-state index contributed by atoms with van der Waals surface area (Å²) < 4.78 is 27.3. The summed E-state index contributed by atoms with van der Waals surface area (Å²) in [5.41, 5.74) is 6.22. The van der Waals surface area contributed by atoms with Crippen molar-refractivity contribution in [2.75, 3.05) is 12.3 Å². The lowest BCUT2D eigenvalue weighted by Crippen LogP contribution is -2.41. The monoisotopic (exact) mass is 332 g/mol. The van der Waals surface area contributed by atoms with Crippen LogP contribution in [-0.4, -0.2) is 25.3 Å².